The molecule has 1 unspecified atom stereocenters. The van der Waals surface area contributed by atoms with Crippen LogP contribution < -0.4 is 0 Å². The van der Waals surface area contributed by atoms with Gasteiger partial charge in [-0.15, -0.1) is 5.10 Å². The number of ether oxygens (including phenoxy) is 1. The highest BCUT2D eigenvalue weighted by Crippen LogP contribution is 2.44. The Hall–Kier alpha value is -3.26. The van der Waals surface area contributed by atoms with Crippen molar-refractivity contribution < 1.29 is 9.84 Å². The van der Waals surface area contributed by atoms with Crippen molar-refractivity contribution in [2.45, 2.75) is 45.3 Å². The van der Waals surface area contributed by atoms with Gasteiger partial charge in [0.05, 0.1) is 44.6 Å². The number of rotatable bonds is 5. The molecule has 0 aliphatic carbocycles. The van der Waals surface area contributed by atoms with E-state index in [2.05, 4.69) is 57.3 Å². The summed E-state index contributed by atoms with van der Waals surface area (Å²) < 4.78 is 9.95. The number of aliphatic hydroxyl groups is 1. The van der Waals surface area contributed by atoms with Crippen molar-refractivity contribution in [3.05, 3.63) is 76.6 Å². The molecule has 2 aromatic carbocycles. The molecule has 0 radical (unpaired) electrons. The van der Waals surface area contributed by atoms with Gasteiger partial charge in [-0.05, 0) is 63.3 Å². The summed E-state index contributed by atoms with van der Waals surface area (Å²) in [7, 11) is 1.90. The molecular weight excluding hydrogens is 498 g/mol. The van der Waals surface area contributed by atoms with Gasteiger partial charge in [0.25, 0.3) is 0 Å². The number of hydrogen-bond donors (Lipinski definition) is 1. The number of nitrogens with zero attached hydrogens (tertiary/aromatic N) is 5. The Morgan fingerprint density at radius 1 is 1.08 bits per heavy atom. The predicted molar refractivity (Wildman–Crippen MR) is 150 cm³/mol. The third-order valence-corrected chi connectivity index (χ3v) is 8.10. The van der Waals surface area contributed by atoms with Crippen LogP contribution in [0.15, 0.2) is 54.7 Å². The van der Waals surface area contributed by atoms with E-state index in [0.29, 0.717) is 10.9 Å². The summed E-state index contributed by atoms with van der Waals surface area (Å²) in [5.41, 5.74) is 6.48. The molecule has 4 heterocycles. The lowest BCUT2D eigenvalue weighted by Gasteiger charge is -2.33. The maximum absolute atomic E-state index is 10.9. The molecule has 1 fully saturated rings. The van der Waals surface area contributed by atoms with Crippen molar-refractivity contribution in [1.29, 1.82) is 0 Å². The lowest BCUT2D eigenvalue weighted by molar-refractivity contribution is 0.0552. The van der Waals surface area contributed by atoms with E-state index in [-0.39, 0.29) is 6.04 Å². The van der Waals surface area contributed by atoms with E-state index in [4.69, 9.17) is 21.3 Å². The number of benzene rings is 2. The van der Waals surface area contributed by atoms with Gasteiger partial charge in [0, 0.05) is 43.0 Å². The highest BCUT2D eigenvalue weighted by atomic mass is 35.5. The van der Waals surface area contributed by atoms with Gasteiger partial charge >= 0.3 is 0 Å². The largest absolute Gasteiger partial charge is 0.386 e. The average Bonchev–Trinajstić information content (AvgIpc) is 3.41. The Morgan fingerprint density at radius 2 is 1.82 bits per heavy atom. The van der Waals surface area contributed by atoms with Crippen LogP contribution in [0.4, 0.5) is 0 Å². The van der Waals surface area contributed by atoms with Crippen molar-refractivity contribution >= 4 is 33.5 Å². The maximum atomic E-state index is 10.9. The lowest BCUT2D eigenvalue weighted by Crippen LogP contribution is -2.27. The number of pyridine rings is 1. The van der Waals surface area contributed by atoms with Crippen molar-refractivity contribution in [1.82, 2.24) is 24.5 Å². The Bertz CT molecular complexity index is 1610. The molecule has 1 N–H and O–H groups in total. The zero-order valence-corrected chi connectivity index (χ0v) is 22.9. The minimum absolute atomic E-state index is 0.0380. The van der Waals surface area contributed by atoms with Crippen molar-refractivity contribution in [2.75, 3.05) is 13.2 Å². The topological polar surface area (TPSA) is 78.0 Å². The molecule has 1 atom stereocenters. The van der Waals surface area contributed by atoms with Crippen LogP contribution in [0.3, 0.4) is 0 Å². The Balaban J connectivity index is 1.73. The van der Waals surface area contributed by atoms with Crippen LogP contribution in [-0.4, -0.2) is 42.9 Å². The highest BCUT2D eigenvalue weighted by molar-refractivity contribution is 6.38. The zero-order chi connectivity index (χ0) is 26.6. The molecule has 8 heteroatoms. The van der Waals surface area contributed by atoms with Gasteiger partial charge in [0.1, 0.15) is 0 Å². The van der Waals surface area contributed by atoms with Crippen LogP contribution in [-0.2, 0) is 17.4 Å². The molecule has 0 spiro atoms. The molecule has 7 nitrogen and oxygen atoms in total. The van der Waals surface area contributed by atoms with Gasteiger partial charge in [-0.3, -0.25) is 4.98 Å². The first-order valence-electron chi connectivity index (χ1n) is 13.1. The number of halogens is 1. The minimum Gasteiger partial charge on any atom is -0.386 e. The van der Waals surface area contributed by atoms with E-state index >= 15 is 0 Å². The second-order valence-electron chi connectivity index (χ2n) is 10.8. The Morgan fingerprint density at radius 3 is 2.47 bits per heavy atom. The molecular formula is C30H32ClN5O2. The SMILES string of the molecule is Cc1nnn(C)c1-c1cc(Cl)c2c3ncc(C(C)(C)O)cc3n(C(c3ccccc3)C3CCOCC3)c2c1. The van der Waals surface area contributed by atoms with Crippen molar-refractivity contribution in [3.63, 3.8) is 0 Å². The monoisotopic (exact) mass is 529 g/mol. The second kappa shape index (κ2) is 9.49. The molecule has 5 aromatic rings. The number of aromatic nitrogens is 5. The normalized spacial score (nSPS) is 15.9. The van der Waals surface area contributed by atoms with Crippen molar-refractivity contribution in [3.8, 4) is 11.3 Å². The minimum atomic E-state index is -1.03. The highest BCUT2D eigenvalue weighted by Gasteiger charge is 2.31. The molecule has 38 heavy (non-hydrogen) atoms. The molecule has 0 bridgehead atoms. The summed E-state index contributed by atoms with van der Waals surface area (Å²) in [6.45, 7) is 7.02. The standard InChI is InChI=1S/C30H32ClN5O2/c1-18-28(35(4)34-33-18)21-14-23(31)26-24(15-21)36(25-16-22(30(2,3)37)17-32-27(25)26)29(19-8-6-5-7-9-19)20-10-12-38-13-11-20/h5-9,14-17,20,29,37H,10-13H2,1-4H3. The van der Waals surface area contributed by atoms with E-state index in [1.54, 1.807) is 24.7 Å². The van der Waals surface area contributed by atoms with Crippen LogP contribution in [0.2, 0.25) is 5.02 Å². The van der Waals surface area contributed by atoms with Crippen LogP contribution in [0.1, 0.15) is 49.6 Å². The average molecular weight is 530 g/mol. The summed E-state index contributed by atoms with van der Waals surface area (Å²) in [6.07, 6.45) is 3.67. The smallest absolute Gasteiger partial charge is 0.0975 e. The fourth-order valence-corrected chi connectivity index (χ4v) is 6.22. The quantitative estimate of drug-likeness (QED) is 0.294. The van der Waals surface area contributed by atoms with Crippen LogP contribution in [0, 0.1) is 12.8 Å². The first-order valence-corrected chi connectivity index (χ1v) is 13.5. The van der Waals surface area contributed by atoms with Crippen molar-refractivity contribution in [2.24, 2.45) is 13.0 Å². The maximum Gasteiger partial charge on any atom is 0.0975 e. The number of fused-ring (bicyclic) bond motifs is 3. The van der Waals surface area contributed by atoms with Crippen LogP contribution in [0.25, 0.3) is 33.2 Å². The van der Waals surface area contributed by atoms with E-state index in [9.17, 15) is 5.11 Å². The lowest BCUT2D eigenvalue weighted by atomic mass is 9.86. The zero-order valence-electron chi connectivity index (χ0n) is 22.1. The van der Waals surface area contributed by atoms with Crippen LogP contribution >= 0.6 is 11.6 Å². The van der Waals surface area contributed by atoms with Gasteiger partial charge in [-0.1, -0.05) is 47.1 Å². The summed E-state index contributed by atoms with van der Waals surface area (Å²) in [4.78, 5) is 4.89. The third-order valence-electron chi connectivity index (χ3n) is 7.80. The van der Waals surface area contributed by atoms with Gasteiger partial charge in [0.2, 0.25) is 0 Å². The number of hydrogen-bond acceptors (Lipinski definition) is 5. The number of aryl methyl sites for hydroxylation is 2. The third kappa shape index (κ3) is 4.19. The fraction of sp³-hybridized carbons (Fsp3) is 0.367. The van der Waals surface area contributed by atoms with E-state index in [1.165, 1.54) is 5.56 Å². The molecule has 1 aliphatic heterocycles. The Labute approximate surface area is 227 Å². The first-order chi connectivity index (χ1) is 18.2. The van der Waals surface area contributed by atoms with Gasteiger partial charge in [0.15, 0.2) is 0 Å². The summed E-state index contributed by atoms with van der Waals surface area (Å²) >= 11 is 7.07. The predicted octanol–water partition coefficient (Wildman–Crippen LogP) is 6.19. The summed E-state index contributed by atoms with van der Waals surface area (Å²) in [5, 5.41) is 20.9. The molecule has 0 saturated carbocycles. The van der Waals surface area contributed by atoms with E-state index in [0.717, 1.165) is 70.5 Å². The Kier molecular flexibility index (Phi) is 6.25. The molecule has 1 saturated heterocycles. The molecule has 6 rings (SSSR count). The summed E-state index contributed by atoms with van der Waals surface area (Å²) in [6, 6.07) is 16.9. The molecule has 1 aliphatic rings. The second-order valence-corrected chi connectivity index (χ2v) is 11.2. The molecule has 0 amide bonds. The van der Waals surface area contributed by atoms with Gasteiger partial charge < -0.3 is 14.4 Å². The van der Waals surface area contributed by atoms with E-state index in [1.807, 2.05) is 20.0 Å². The summed E-state index contributed by atoms with van der Waals surface area (Å²) in [5.74, 6) is 0.360. The van der Waals surface area contributed by atoms with Crippen LogP contribution in [0.5, 0.6) is 0 Å². The molecule has 196 valence electrons. The van der Waals surface area contributed by atoms with Gasteiger partial charge in [-0.2, -0.15) is 0 Å². The molecule has 3 aromatic heterocycles. The fourth-order valence-electron chi connectivity index (χ4n) is 5.92. The first kappa shape index (κ1) is 25.0. The van der Waals surface area contributed by atoms with E-state index < -0.39 is 5.60 Å². The van der Waals surface area contributed by atoms with Gasteiger partial charge in [-0.25, -0.2) is 4.68 Å².